The molecule has 0 saturated heterocycles. The summed E-state index contributed by atoms with van der Waals surface area (Å²) in [5.41, 5.74) is 5.87. The van der Waals surface area contributed by atoms with Gasteiger partial charge in [-0.1, -0.05) is 70.4 Å². The maximum absolute atomic E-state index is 9.74. The Balaban J connectivity index is 3.35. The van der Waals surface area contributed by atoms with Crippen molar-refractivity contribution < 1.29 is 5.11 Å². The monoisotopic (exact) mass is 336 g/mol. The van der Waals surface area contributed by atoms with Crippen molar-refractivity contribution in [2.75, 3.05) is 0 Å². The lowest BCUT2D eigenvalue weighted by Crippen LogP contribution is -2.12. The molecule has 140 valence electrons. The molecular formula is C21H40N2O. The number of hydrogen-bond acceptors (Lipinski definition) is 2. The molecule has 0 aromatic carbocycles. The normalized spacial score (nSPS) is 12.6. The van der Waals surface area contributed by atoms with Crippen LogP contribution in [0.25, 0.3) is 0 Å². The zero-order chi connectivity index (χ0) is 18.0. The Morgan fingerprint density at radius 3 is 1.79 bits per heavy atom. The molecule has 0 aliphatic carbocycles. The summed E-state index contributed by atoms with van der Waals surface area (Å²) in [4.78, 5) is 0. The fraction of sp³-hybridized carbons (Fsp3) is 0.762. The number of nitrogens with one attached hydrogen (secondary N) is 1. The number of nitrogens with two attached hydrogens (primary N) is 1. The SMILES string of the molecule is CCCCCCCCC=CCCCCCCCC(O)=C(C)C(=N)N. The van der Waals surface area contributed by atoms with E-state index in [1.165, 1.54) is 70.6 Å². The first kappa shape index (κ1) is 22.8. The lowest BCUT2D eigenvalue weighted by atomic mass is 10.1. The summed E-state index contributed by atoms with van der Waals surface area (Å²) in [6, 6.07) is 0. The van der Waals surface area contributed by atoms with E-state index in [1.54, 1.807) is 6.92 Å². The van der Waals surface area contributed by atoms with Gasteiger partial charge in [0.25, 0.3) is 0 Å². The van der Waals surface area contributed by atoms with Crippen molar-refractivity contribution in [3.05, 3.63) is 23.5 Å². The molecule has 0 unspecified atom stereocenters. The molecule has 0 atom stereocenters. The average molecular weight is 337 g/mol. The number of amidine groups is 1. The zero-order valence-corrected chi connectivity index (χ0v) is 16.1. The largest absolute Gasteiger partial charge is 0.512 e. The quantitative estimate of drug-likeness (QED) is 0.0954. The molecule has 24 heavy (non-hydrogen) atoms. The van der Waals surface area contributed by atoms with Crippen molar-refractivity contribution in [3.63, 3.8) is 0 Å². The van der Waals surface area contributed by atoms with Gasteiger partial charge in [-0.25, -0.2) is 0 Å². The van der Waals surface area contributed by atoms with E-state index in [9.17, 15) is 5.11 Å². The second-order valence-corrected chi connectivity index (χ2v) is 6.82. The molecule has 0 fully saturated rings. The molecule has 0 aromatic rings. The van der Waals surface area contributed by atoms with E-state index in [0.29, 0.717) is 12.0 Å². The van der Waals surface area contributed by atoms with Gasteiger partial charge >= 0.3 is 0 Å². The summed E-state index contributed by atoms with van der Waals surface area (Å²) in [5.74, 6) is 0.250. The van der Waals surface area contributed by atoms with Gasteiger partial charge in [-0.05, 0) is 39.0 Å². The third kappa shape index (κ3) is 14.3. The summed E-state index contributed by atoms with van der Waals surface area (Å²) < 4.78 is 0. The zero-order valence-electron chi connectivity index (χ0n) is 16.1. The van der Waals surface area contributed by atoms with Crippen LogP contribution in [0.15, 0.2) is 23.5 Å². The number of rotatable bonds is 16. The first-order chi connectivity index (χ1) is 11.6. The van der Waals surface area contributed by atoms with Crippen LogP contribution in [0.4, 0.5) is 0 Å². The van der Waals surface area contributed by atoms with Crippen LogP contribution in [0.2, 0.25) is 0 Å². The highest BCUT2D eigenvalue weighted by Crippen LogP contribution is 2.13. The molecule has 0 saturated carbocycles. The Morgan fingerprint density at radius 2 is 1.29 bits per heavy atom. The van der Waals surface area contributed by atoms with E-state index < -0.39 is 0 Å². The van der Waals surface area contributed by atoms with Crippen molar-refractivity contribution in [1.82, 2.24) is 0 Å². The Morgan fingerprint density at radius 1 is 0.833 bits per heavy atom. The van der Waals surface area contributed by atoms with Gasteiger partial charge in [0.1, 0.15) is 5.84 Å². The molecule has 0 heterocycles. The van der Waals surface area contributed by atoms with Crippen LogP contribution in [0.3, 0.4) is 0 Å². The predicted molar refractivity (Wildman–Crippen MR) is 107 cm³/mol. The molecule has 0 amide bonds. The number of aliphatic hydroxyl groups excluding tert-OH is 1. The molecule has 0 bridgehead atoms. The third-order valence-electron chi connectivity index (χ3n) is 4.51. The van der Waals surface area contributed by atoms with Crippen molar-refractivity contribution >= 4 is 5.84 Å². The molecule has 3 nitrogen and oxygen atoms in total. The molecule has 0 radical (unpaired) electrons. The van der Waals surface area contributed by atoms with Crippen molar-refractivity contribution in [2.45, 2.75) is 104 Å². The number of aliphatic hydroxyl groups is 1. The molecule has 0 rings (SSSR count). The van der Waals surface area contributed by atoms with Gasteiger partial charge in [0, 0.05) is 12.0 Å². The number of hydrogen-bond donors (Lipinski definition) is 3. The summed E-state index contributed by atoms with van der Waals surface area (Å²) in [5, 5.41) is 17.0. The van der Waals surface area contributed by atoms with Crippen molar-refractivity contribution in [1.29, 1.82) is 5.41 Å². The smallest absolute Gasteiger partial charge is 0.121 e. The summed E-state index contributed by atoms with van der Waals surface area (Å²) >= 11 is 0. The summed E-state index contributed by atoms with van der Waals surface area (Å²) in [6.07, 6.45) is 21.9. The Kier molecular flexibility index (Phi) is 15.7. The van der Waals surface area contributed by atoms with Crippen LogP contribution in [0.5, 0.6) is 0 Å². The van der Waals surface area contributed by atoms with Gasteiger partial charge in [0.15, 0.2) is 0 Å². The Labute approximate surface area is 149 Å². The minimum atomic E-state index is -0.0275. The van der Waals surface area contributed by atoms with Gasteiger partial charge in [0.05, 0.1) is 5.76 Å². The molecule has 0 aromatic heterocycles. The minimum Gasteiger partial charge on any atom is -0.512 e. The first-order valence-corrected chi connectivity index (χ1v) is 9.97. The maximum Gasteiger partial charge on any atom is 0.121 e. The van der Waals surface area contributed by atoms with Crippen LogP contribution in [-0.4, -0.2) is 10.9 Å². The van der Waals surface area contributed by atoms with Gasteiger partial charge in [0.2, 0.25) is 0 Å². The van der Waals surface area contributed by atoms with E-state index >= 15 is 0 Å². The lowest BCUT2D eigenvalue weighted by molar-refractivity contribution is 0.376. The first-order valence-electron chi connectivity index (χ1n) is 9.97. The second kappa shape index (κ2) is 16.6. The molecular weight excluding hydrogens is 296 g/mol. The molecule has 0 spiro atoms. The van der Waals surface area contributed by atoms with Gasteiger partial charge in [-0.15, -0.1) is 0 Å². The number of unbranched alkanes of at least 4 members (excludes halogenated alkanes) is 11. The number of allylic oxidation sites excluding steroid dienone is 3. The van der Waals surface area contributed by atoms with E-state index in [0.717, 1.165) is 12.8 Å². The van der Waals surface area contributed by atoms with E-state index in [2.05, 4.69) is 19.1 Å². The highest BCUT2D eigenvalue weighted by atomic mass is 16.3. The van der Waals surface area contributed by atoms with E-state index in [4.69, 9.17) is 11.1 Å². The lowest BCUT2D eigenvalue weighted by Gasteiger charge is -2.05. The Bertz CT molecular complexity index is 372. The van der Waals surface area contributed by atoms with Crippen LogP contribution in [-0.2, 0) is 0 Å². The molecule has 0 aliphatic heterocycles. The highest BCUT2D eigenvalue weighted by molar-refractivity contribution is 5.94. The fourth-order valence-corrected chi connectivity index (χ4v) is 2.71. The maximum atomic E-state index is 9.74. The standard InChI is InChI=1S/C21H40N2O/c1-3-4-5-6-7-8-9-10-11-12-13-14-15-16-17-18-20(24)19(2)21(22)23/h10-11,24H,3-9,12-18H2,1-2H3,(H3,22,23). The van der Waals surface area contributed by atoms with Crippen LogP contribution in [0, 0.1) is 5.41 Å². The van der Waals surface area contributed by atoms with Gasteiger partial charge in [-0.2, -0.15) is 0 Å². The van der Waals surface area contributed by atoms with Crippen LogP contribution >= 0.6 is 0 Å². The predicted octanol–water partition coefficient (Wildman–Crippen LogP) is 6.79. The Hall–Kier alpha value is -1.25. The van der Waals surface area contributed by atoms with E-state index in [1.807, 2.05) is 0 Å². The van der Waals surface area contributed by atoms with Gasteiger partial charge < -0.3 is 10.8 Å². The molecule has 4 N–H and O–H groups in total. The minimum absolute atomic E-state index is 0.0275. The molecule has 0 aliphatic rings. The molecule has 3 heteroatoms. The van der Waals surface area contributed by atoms with Crippen LogP contribution < -0.4 is 5.73 Å². The topological polar surface area (TPSA) is 70.1 Å². The van der Waals surface area contributed by atoms with Crippen molar-refractivity contribution in [3.8, 4) is 0 Å². The fourth-order valence-electron chi connectivity index (χ4n) is 2.71. The van der Waals surface area contributed by atoms with Crippen LogP contribution in [0.1, 0.15) is 104 Å². The van der Waals surface area contributed by atoms with Crippen molar-refractivity contribution in [2.24, 2.45) is 5.73 Å². The summed E-state index contributed by atoms with van der Waals surface area (Å²) in [7, 11) is 0. The van der Waals surface area contributed by atoms with E-state index in [-0.39, 0.29) is 11.6 Å². The summed E-state index contributed by atoms with van der Waals surface area (Å²) in [6.45, 7) is 3.97. The second-order valence-electron chi connectivity index (χ2n) is 6.82. The average Bonchev–Trinajstić information content (AvgIpc) is 2.57. The third-order valence-corrected chi connectivity index (χ3v) is 4.51. The highest BCUT2D eigenvalue weighted by Gasteiger charge is 2.02. The van der Waals surface area contributed by atoms with Gasteiger partial charge in [-0.3, -0.25) is 5.41 Å².